The summed E-state index contributed by atoms with van der Waals surface area (Å²) in [5.74, 6) is 1.75. The van der Waals surface area contributed by atoms with Gasteiger partial charge in [0.1, 0.15) is 0 Å². The summed E-state index contributed by atoms with van der Waals surface area (Å²) in [6.07, 6.45) is 3.70. The van der Waals surface area contributed by atoms with Gasteiger partial charge in [-0.15, -0.1) is 0 Å². The molecule has 0 saturated carbocycles. The smallest absolute Gasteiger partial charge is 0.192 e. The van der Waals surface area contributed by atoms with E-state index in [2.05, 4.69) is 11.8 Å². The fraction of sp³-hybridized carbons (Fsp3) is 0.833. The minimum atomic E-state index is -2.76. The molecule has 1 rings (SSSR count). The molecule has 1 atom stereocenters. The van der Waals surface area contributed by atoms with Crippen LogP contribution in [0.5, 0.6) is 0 Å². The Bertz CT molecular complexity index is 232. The Hall–Kier alpha value is -0.580. The monoisotopic (exact) mass is 200 g/mol. The summed E-state index contributed by atoms with van der Waals surface area (Å²) in [4.78, 5) is 0. The van der Waals surface area contributed by atoms with E-state index in [0.717, 1.165) is 12.8 Å². The molecule has 1 unspecified atom stereocenters. The summed E-state index contributed by atoms with van der Waals surface area (Å²) < 4.78 is 27.0. The van der Waals surface area contributed by atoms with Gasteiger partial charge in [0.15, 0.2) is 0 Å². The summed E-state index contributed by atoms with van der Waals surface area (Å²) >= 11 is 0. The van der Waals surface area contributed by atoms with Gasteiger partial charge in [0.25, 0.3) is 0 Å². The Labute approximate surface area is 85.1 Å². The standard InChI is InChI=1S/C12H18F2/c1-10(2)9-11-7-5-3-4-6-8-12(11,13)14/h10-11H,3-5,7,9H2,1-2H3. The van der Waals surface area contributed by atoms with Crippen molar-refractivity contribution in [3.63, 3.8) is 0 Å². The molecule has 1 aliphatic rings. The maximum absolute atomic E-state index is 13.5. The fourth-order valence-corrected chi connectivity index (χ4v) is 1.90. The Morgan fingerprint density at radius 2 is 2.07 bits per heavy atom. The van der Waals surface area contributed by atoms with Crippen LogP contribution in [0.15, 0.2) is 0 Å². The minimum absolute atomic E-state index is 0.326. The van der Waals surface area contributed by atoms with Crippen molar-refractivity contribution in [2.24, 2.45) is 11.8 Å². The highest BCUT2D eigenvalue weighted by Gasteiger charge is 2.37. The highest BCUT2D eigenvalue weighted by atomic mass is 19.3. The molecule has 0 aromatic carbocycles. The summed E-state index contributed by atoms with van der Waals surface area (Å²) in [6.45, 7) is 3.98. The molecule has 2 heteroatoms. The number of hydrogen-bond donors (Lipinski definition) is 0. The summed E-state index contributed by atoms with van der Waals surface area (Å²) in [6, 6.07) is 0. The molecule has 0 fully saturated rings. The third-order valence-corrected chi connectivity index (χ3v) is 2.63. The van der Waals surface area contributed by atoms with Crippen molar-refractivity contribution in [1.29, 1.82) is 0 Å². The van der Waals surface area contributed by atoms with Crippen molar-refractivity contribution in [3.05, 3.63) is 0 Å². The summed E-state index contributed by atoms with van der Waals surface area (Å²) in [5, 5.41) is 0. The highest BCUT2D eigenvalue weighted by Crippen LogP contribution is 2.34. The molecule has 0 bridgehead atoms. The van der Waals surface area contributed by atoms with Crippen LogP contribution in [0.3, 0.4) is 0 Å². The average molecular weight is 200 g/mol. The molecule has 0 aliphatic heterocycles. The molecule has 0 aromatic heterocycles. The Kier molecular flexibility index (Phi) is 3.92. The van der Waals surface area contributed by atoms with Crippen LogP contribution in [0, 0.1) is 23.7 Å². The molecule has 14 heavy (non-hydrogen) atoms. The molecule has 0 N–H and O–H groups in total. The topological polar surface area (TPSA) is 0 Å². The lowest BCUT2D eigenvalue weighted by Gasteiger charge is -2.25. The second-order valence-corrected chi connectivity index (χ2v) is 4.50. The van der Waals surface area contributed by atoms with Crippen molar-refractivity contribution in [3.8, 4) is 11.8 Å². The van der Waals surface area contributed by atoms with Gasteiger partial charge in [-0.3, -0.25) is 0 Å². The third-order valence-electron chi connectivity index (χ3n) is 2.63. The normalized spacial score (nSPS) is 26.2. The van der Waals surface area contributed by atoms with Gasteiger partial charge in [0.2, 0.25) is 0 Å². The van der Waals surface area contributed by atoms with Gasteiger partial charge in [0, 0.05) is 12.3 Å². The Morgan fingerprint density at radius 3 is 2.71 bits per heavy atom. The number of rotatable bonds is 2. The van der Waals surface area contributed by atoms with Gasteiger partial charge >= 0.3 is 5.92 Å². The SMILES string of the molecule is CC(C)CC1CCCCC#CC1(F)F. The van der Waals surface area contributed by atoms with Gasteiger partial charge < -0.3 is 0 Å². The van der Waals surface area contributed by atoms with Gasteiger partial charge in [-0.2, -0.15) is 8.78 Å². The van der Waals surface area contributed by atoms with Crippen molar-refractivity contribution in [1.82, 2.24) is 0 Å². The maximum atomic E-state index is 13.5. The Balaban J connectivity index is 2.70. The molecular weight excluding hydrogens is 182 g/mol. The predicted molar refractivity (Wildman–Crippen MR) is 54.1 cm³/mol. The van der Waals surface area contributed by atoms with E-state index >= 15 is 0 Å². The van der Waals surface area contributed by atoms with Crippen LogP contribution in [-0.2, 0) is 0 Å². The van der Waals surface area contributed by atoms with Crippen LogP contribution < -0.4 is 0 Å². The second-order valence-electron chi connectivity index (χ2n) is 4.50. The zero-order valence-corrected chi connectivity index (χ0v) is 8.95. The van der Waals surface area contributed by atoms with Crippen LogP contribution >= 0.6 is 0 Å². The van der Waals surface area contributed by atoms with Crippen LogP contribution in [0.4, 0.5) is 8.78 Å². The van der Waals surface area contributed by atoms with Gasteiger partial charge in [-0.05, 0) is 31.1 Å². The molecule has 0 nitrogen and oxygen atoms in total. The third kappa shape index (κ3) is 3.29. The summed E-state index contributed by atoms with van der Waals surface area (Å²) in [7, 11) is 0. The predicted octanol–water partition coefficient (Wildman–Crippen LogP) is 3.86. The molecule has 0 amide bonds. The first-order valence-electron chi connectivity index (χ1n) is 5.40. The summed E-state index contributed by atoms with van der Waals surface area (Å²) in [5.41, 5.74) is 0. The molecular formula is C12H18F2. The van der Waals surface area contributed by atoms with E-state index in [4.69, 9.17) is 0 Å². The highest BCUT2D eigenvalue weighted by molar-refractivity contribution is 5.12. The van der Waals surface area contributed by atoms with E-state index < -0.39 is 11.8 Å². The Morgan fingerprint density at radius 1 is 1.36 bits per heavy atom. The molecule has 0 spiro atoms. The number of hydrogen-bond acceptors (Lipinski definition) is 0. The lowest BCUT2D eigenvalue weighted by atomic mass is 9.86. The van der Waals surface area contributed by atoms with Crippen molar-refractivity contribution in [2.45, 2.75) is 51.9 Å². The number of halogens is 2. The first kappa shape index (κ1) is 11.5. The first-order valence-corrected chi connectivity index (χ1v) is 5.40. The molecule has 0 radical (unpaired) electrons. The average Bonchev–Trinajstić information content (AvgIpc) is 2.05. The van der Waals surface area contributed by atoms with Crippen LogP contribution in [0.2, 0.25) is 0 Å². The zero-order chi connectivity index (χ0) is 10.6. The lowest BCUT2D eigenvalue weighted by molar-refractivity contribution is -0.0133. The molecule has 80 valence electrons. The zero-order valence-electron chi connectivity index (χ0n) is 8.95. The molecule has 0 heterocycles. The van der Waals surface area contributed by atoms with E-state index in [-0.39, 0.29) is 0 Å². The van der Waals surface area contributed by atoms with E-state index in [0.29, 0.717) is 25.2 Å². The quantitative estimate of drug-likeness (QED) is 0.594. The fourth-order valence-electron chi connectivity index (χ4n) is 1.90. The van der Waals surface area contributed by atoms with E-state index in [1.807, 2.05) is 13.8 Å². The minimum Gasteiger partial charge on any atom is -0.192 e. The van der Waals surface area contributed by atoms with Gasteiger partial charge in [-0.25, -0.2) is 0 Å². The van der Waals surface area contributed by atoms with Crippen molar-refractivity contribution >= 4 is 0 Å². The van der Waals surface area contributed by atoms with Crippen LogP contribution in [-0.4, -0.2) is 5.92 Å². The van der Waals surface area contributed by atoms with E-state index in [9.17, 15) is 8.78 Å². The largest absolute Gasteiger partial charge is 0.310 e. The van der Waals surface area contributed by atoms with Crippen molar-refractivity contribution in [2.75, 3.05) is 0 Å². The van der Waals surface area contributed by atoms with Crippen molar-refractivity contribution < 1.29 is 8.78 Å². The van der Waals surface area contributed by atoms with E-state index in [1.165, 1.54) is 0 Å². The van der Waals surface area contributed by atoms with E-state index in [1.54, 1.807) is 0 Å². The van der Waals surface area contributed by atoms with Crippen LogP contribution in [0.1, 0.15) is 46.0 Å². The van der Waals surface area contributed by atoms with Gasteiger partial charge in [-0.1, -0.05) is 26.2 Å². The maximum Gasteiger partial charge on any atom is 0.310 e. The van der Waals surface area contributed by atoms with Gasteiger partial charge in [0.05, 0.1) is 0 Å². The first-order chi connectivity index (χ1) is 6.52. The molecule has 0 aromatic rings. The lowest BCUT2D eigenvalue weighted by Crippen LogP contribution is -2.28. The second kappa shape index (κ2) is 4.77. The molecule has 1 aliphatic carbocycles. The van der Waals surface area contributed by atoms with Crippen LogP contribution in [0.25, 0.3) is 0 Å². The number of alkyl halides is 2. The molecule has 0 saturated heterocycles.